The van der Waals surface area contributed by atoms with Gasteiger partial charge >= 0.3 is 0 Å². The summed E-state index contributed by atoms with van der Waals surface area (Å²) in [6, 6.07) is 0. The number of carbonyl (C=O) groups is 1. The maximum atomic E-state index is 11.5. The second kappa shape index (κ2) is 10.6. The van der Waals surface area contributed by atoms with Crippen LogP contribution in [0.25, 0.3) is 0 Å². The van der Waals surface area contributed by atoms with Crippen LogP contribution in [-0.2, 0) is 4.79 Å². The normalized spacial score (nSPS) is 24.4. The molecule has 1 aliphatic rings. The second-order valence-electron chi connectivity index (χ2n) is 5.30. The third-order valence-corrected chi connectivity index (χ3v) is 3.60. The summed E-state index contributed by atoms with van der Waals surface area (Å²) in [6.45, 7) is 0. The van der Waals surface area contributed by atoms with Crippen molar-refractivity contribution in [2.24, 2.45) is 0 Å². The molecule has 0 aromatic carbocycles. The number of allylic oxidation sites excluding steroid dienone is 2. The van der Waals surface area contributed by atoms with Gasteiger partial charge in [0.05, 0.1) is 0 Å². The molecule has 0 fully saturated rings. The van der Waals surface area contributed by atoms with E-state index >= 15 is 0 Å². The highest BCUT2D eigenvalue weighted by Crippen LogP contribution is 2.13. The number of carbonyl (C=O) groups excluding carboxylic acids is 1. The van der Waals surface area contributed by atoms with Gasteiger partial charge in [-0.05, 0) is 25.3 Å². The molecule has 0 saturated carbocycles. The second-order valence-corrected chi connectivity index (χ2v) is 5.30. The highest BCUT2D eigenvalue weighted by atomic mass is 16.1. The fourth-order valence-corrected chi connectivity index (χ4v) is 2.45. The maximum absolute atomic E-state index is 11.5. The summed E-state index contributed by atoms with van der Waals surface area (Å²) in [4.78, 5) is 11.5. The Morgan fingerprint density at radius 3 is 1.71 bits per heavy atom. The minimum atomic E-state index is 0.331. The molecular formula is C16H28O. The zero-order valence-corrected chi connectivity index (χ0v) is 11.3. The summed E-state index contributed by atoms with van der Waals surface area (Å²) in [6.07, 6.45) is 20.3. The lowest BCUT2D eigenvalue weighted by molar-refractivity contribution is -0.114. The molecule has 0 amide bonds. The predicted octanol–water partition coefficient (Wildman–Crippen LogP) is 5.20. The number of ketones is 1. The van der Waals surface area contributed by atoms with E-state index in [1.807, 2.05) is 6.08 Å². The Morgan fingerprint density at radius 2 is 1.12 bits per heavy atom. The number of rotatable bonds is 0. The van der Waals surface area contributed by atoms with Crippen LogP contribution in [0.5, 0.6) is 0 Å². The average molecular weight is 236 g/mol. The van der Waals surface area contributed by atoms with Gasteiger partial charge in [0.25, 0.3) is 0 Å². The van der Waals surface area contributed by atoms with Gasteiger partial charge in [0.2, 0.25) is 0 Å². The molecule has 0 radical (unpaired) electrons. The van der Waals surface area contributed by atoms with Crippen molar-refractivity contribution in [3.63, 3.8) is 0 Å². The molecule has 1 nitrogen and oxygen atoms in total. The van der Waals surface area contributed by atoms with Crippen molar-refractivity contribution in [3.05, 3.63) is 12.2 Å². The first-order chi connectivity index (χ1) is 8.39. The van der Waals surface area contributed by atoms with Crippen LogP contribution in [0.15, 0.2) is 12.2 Å². The van der Waals surface area contributed by atoms with Crippen molar-refractivity contribution in [2.45, 2.75) is 83.5 Å². The molecule has 0 bridgehead atoms. The van der Waals surface area contributed by atoms with Gasteiger partial charge < -0.3 is 0 Å². The summed E-state index contributed by atoms with van der Waals surface area (Å²) in [5, 5.41) is 0. The van der Waals surface area contributed by atoms with Crippen LogP contribution in [0.1, 0.15) is 83.5 Å². The van der Waals surface area contributed by atoms with E-state index in [1.165, 1.54) is 64.2 Å². The average Bonchev–Trinajstić information content (AvgIpc) is 2.32. The van der Waals surface area contributed by atoms with Crippen LogP contribution in [0.2, 0.25) is 0 Å². The lowest BCUT2D eigenvalue weighted by Gasteiger charge is -2.03. The fourth-order valence-electron chi connectivity index (χ4n) is 2.45. The Bertz CT molecular complexity index is 218. The van der Waals surface area contributed by atoms with Crippen molar-refractivity contribution in [1.29, 1.82) is 0 Å². The van der Waals surface area contributed by atoms with Gasteiger partial charge in [0, 0.05) is 6.42 Å². The quantitative estimate of drug-likeness (QED) is 0.565. The van der Waals surface area contributed by atoms with Gasteiger partial charge in [-0.25, -0.2) is 0 Å². The molecule has 0 unspecified atom stereocenters. The first-order valence-corrected chi connectivity index (χ1v) is 7.59. The molecule has 0 aromatic heterocycles. The molecule has 1 rings (SSSR count). The Kier molecular flexibility index (Phi) is 8.99. The van der Waals surface area contributed by atoms with E-state index in [9.17, 15) is 4.79 Å². The SMILES string of the molecule is O=C1/C=C\CCCCCCCCCCCCC1. The zero-order valence-electron chi connectivity index (χ0n) is 11.3. The maximum Gasteiger partial charge on any atom is 0.155 e. The Morgan fingerprint density at radius 1 is 0.647 bits per heavy atom. The van der Waals surface area contributed by atoms with Gasteiger partial charge in [-0.1, -0.05) is 63.9 Å². The van der Waals surface area contributed by atoms with Crippen LogP contribution in [0.4, 0.5) is 0 Å². The van der Waals surface area contributed by atoms with Crippen LogP contribution in [-0.4, -0.2) is 5.78 Å². The highest BCUT2D eigenvalue weighted by molar-refractivity contribution is 5.89. The van der Waals surface area contributed by atoms with Crippen LogP contribution < -0.4 is 0 Å². The minimum Gasteiger partial charge on any atom is -0.295 e. The summed E-state index contributed by atoms with van der Waals surface area (Å²) in [7, 11) is 0. The molecule has 0 aromatic rings. The monoisotopic (exact) mass is 236 g/mol. The third kappa shape index (κ3) is 9.14. The van der Waals surface area contributed by atoms with Gasteiger partial charge in [0.15, 0.2) is 5.78 Å². The van der Waals surface area contributed by atoms with Gasteiger partial charge in [-0.2, -0.15) is 0 Å². The molecular weight excluding hydrogens is 208 g/mol. The largest absolute Gasteiger partial charge is 0.295 e. The Balaban J connectivity index is 2.20. The van der Waals surface area contributed by atoms with E-state index < -0.39 is 0 Å². The van der Waals surface area contributed by atoms with Crippen LogP contribution in [0, 0.1) is 0 Å². The molecule has 0 saturated heterocycles. The number of hydrogen-bond acceptors (Lipinski definition) is 1. The molecule has 0 aliphatic heterocycles. The van der Waals surface area contributed by atoms with E-state index in [0.717, 1.165) is 19.3 Å². The van der Waals surface area contributed by atoms with Crippen molar-refractivity contribution < 1.29 is 4.79 Å². The molecule has 1 aliphatic carbocycles. The Hall–Kier alpha value is -0.590. The summed E-state index contributed by atoms with van der Waals surface area (Å²) in [5.74, 6) is 0.331. The first kappa shape index (κ1) is 14.5. The standard InChI is InChI=1S/C16H28O/c17-16-14-12-10-8-6-4-2-1-3-5-7-9-11-13-15-16/h12,14H,1-11,13,15H2/b14-12-. The zero-order chi connectivity index (χ0) is 12.2. The van der Waals surface area contributed by atoms with E-state index in [0.29, 0.717) is 5.78 Å². The molecule has 0 spiro atoms. The minimum absolute atomic E-state index is 0.331. The lowest BCUT2D eigenvalue weighted by atomic mass is 10.0. The van der Waals surface area contributed by atoms with Crippen LogP contribution in [0.3, 0.4) is 0 Å². The van der Waals surface area contributed by atoms with E-state index in [1.54, 1.807) is 0 Å². The van der Waals surface area contributed by atoms with Crippen molar-refractivity contribution in [1.82, 2.24) is 0 Å². The summed E-state index contributed by atoms with van der Waals surface area (Å²) >= 11 is 0. The van der Waals surface area contributed by atoms with Gasteiger partial charge in [0.1, 0.15) is 0 Å². The topological polar surface area (TPSA) is 17.1 Å². The first-order valence-electron chi connectivity index (χ1n) is 7.59. The van der Waals surface area contributed by atoms with Gasteiger partial charge in [-0.3, -0.25) is 4.79 Å². The van der Waals surface area contributed by atoms with E-state index in [4.69, 9.17) is 0 Å². The molecule has 1 heteroatoms. The lowest BCUT2D eigenvalue weighted by Crippen LogP contribution is -1.92. The van der Waals surface area contributed by atoms with E-state index in [-0.39, 0.29) is 0 Å². The predicted molar refractivity (Wildman–Crippen MR) is 74.2 cm³/mol. The molecule has 0 heterocycles. The molecule has 17 heavy (non-hydrogen) atoms. The number of hydrogen-bond donors (Lipinski definition) is 0. The summed E-state index contributed by atoms with van der Waals surface area (Å²) in [5.41, 5.74) is 0. The van der Waals surface area contributed by atoms with E-state index in [2.05, 4.69) is 6.08 Å². The van der Waals surface area contributed by atoms with Crippen LogP contribution >= 0.6 is 0 Å². The summed E-state index contributed by atoms with van der Waals surface area (Å²) < 4.78 is 0. The van der Waals surface area contributed by atoms with Gasteiger partial charge in [-0.15, -0.1) is 0 Å². The van der Waals surface area contributed by atoms with Crippen molar-refractivity contribution >= 4 is 5.78 Å². The van der Waals surface area contributed by atoms with Crippen molar-refractivity contribution in [2.75, 3.05) is 0 Å². The third-order valence-electron chi connectivity index (χ3n) is 3.60. The molecule has 0 atom stereocenters. The Labute approximate surface area is 107 Å². The molecule has 0 N–H and O–H groups in total. The fraction of sp³-hybridized carbons (Fsp3) is 0.812. The highest BCUT2D eigenvalue weighted by Gasteiger charge is 1.98. The van der Waals surface area contributed by atoms with Crippen molar-refractivity contribution in [3.8, 4) is 0 Å². The smallest absolute Gasteiger partial charge is 0.155 e. The molecule has 98 valence electrons.